The molecule has 9 heteroatoms. The van der Waals surface area contributed by atoms with Crippen LogP contribution in [0.15, 0.2) is 83.8 Å². The van der Waals surface area contributed by atoms with Crippen molar-refractivity contribution in [1.29, 1.82) is 0 Å². The van der Waals surface area contributed by atoms with E-state index in [2.05, 4.69) is 20.3 Å². The third kappa shape index (κ3) is 5.52. The molecule has 1 aliphatic heterocycles. The lowest BCUT2D eigenvalue weighted by atomic mass is 10.0. The molecule has 2 heterocycles. The van der Waals surface area contributed by atoms with E-state index in [0.29, 0.717) is 24.2 Å². The number of anilines is 2. The number of para-hydroxylation sites is 1. The van der Waals surface area contributed by atoms with E-state index in [-0.39, 0.29) is 17.2 Å². The molecule has 8 nitrogen and oxygen atoms in total. The normalized spacial score (nSPS) is 14.0. The number of nitrogens with zero attached hydrogens (tertiary/aromatic N) is 1. The molecule has 2 amide bonds. The minimum absolute atomic E-state index is 0.0402. The number of pyridine rings is 1. The third-order valence-corrected chi connectivity index (χ3v) is 7.75. The summed E-state index contributed by atoms with van der Waals surface area (Å²) in [6.07, 6.45) is 0.907. The number of fused-ring (bicyclic) bond motifs is 2. The van der Waals surface area contributed by atoms with Gasteiger partial charge in [-0.05, 0) is 61.2 Å². The van der Waals surface area contributed by atoms with Crippen molar-refractivity contribution in [3.63, 3.8) is 0 Å². The molecule has 1 aromatic heterocycles. The first-order valence-electron chi connectivity index (χ1n) is 11.9. The lowest BCUT2D eigenvalue weighted by Crippen LogP contribution is -2.45. The molecule has 5 rings (SSSR count). The molecule has 37 heavy (non-hydrogen) atoms. The predicted octanol–water partition coefficient (Wildman–Crippen LogP) is 3.96. The molecule has 0 unspecified atom stereocenters. The van der Waals surface area contributed by atoms with E-state index in [1.807, 2.05) is 61.5 Å². The quantitative estimate of drug-likeness (QED) is 0.345. The standard InChI is InChI=1S/C28H26N4O4S/c1-18-15-25(22-9-5-6-10-24(22)29-18)31-28(34)26(16-19-7-3-2-4-8-19)32-37(35,36)21-12-13-23-20(17-21)11-14-27(33)30-23/h2-10,12-13,15,17,26,32H,11,14,16H2,1H3,(H,30,33)(H,29,31,34)/t26-/m1/s1. The highest BCUT2D eigenvalue weighted by Crippen LogP contribution is 2.26. The maximum Gasteiger partial charge on any atom is 0.242 e. The van der Waals surface area contributed by atoms with Crippen molar-refractivity contribution >= 4 is 44.1 Å². The van der Waals surface area contributed by atoms with Gasteiger partial charge in [0.15, 0.2) is 0 Å². The summed E-state index contributed by atoms with van der Waals surface area (Å²) in [6, 6.07) is 22.0. The number of carbonyl (C=O) groups is 2. The molecule has 3 aromatic carbocycles. The zero-order valence-corrected chi connectivity index (χ0v) is 21.0. The Hall–Kier alpha value is -4.08. The molecule has 0 bridgehead atoms. The van der Waals surface area contributed by atoms with Crippen molar-refractivity contribution in [2.45, 2.75) is 37.1 Å². The van der Waals surface area contributed by atoms with Gasteiger partial charge in [0.25, 0.3) is 0 Å². The summed E-state index contributed by atoms with van der Waals surface area (Å²) in [5.41, 5.74) is 4.19. The molecule has 188 valence electrons. The lowest BCUT2D eigenvalue weighted by molar-refractivity contribution is -0.118. The van der Waals surface area contributed by atoms with Crippen LogP contribution in [0.4, 0.5) is 11.4 Å². The average Bonchev–Trinajstić information content (AvgIpc) is 2.88. The summed E-state index contributed by atoms with van der Waals surface area (Å²) >= 11 is 0. The topological polar surface area (TPSA) is 117 Å². The van der Waals surface area contributed by atoms with E-state index in [1.54, 1.807) is 18.2 Å². The van der Waals surface area contributed by atoms with Crippen molar-refractivity contribution in [2.24, 2.45) is 0 Å². The maximum atomic E-state index is 13.5. The van der Waals surface area contributed by atoms with Gasteiger partial charge >= 0.3 is 0 Å². The first-order valence-corrected chi connectivity index (χ1v) is 13.4. The van der Waals surface area contributed by atoms with Crippen LogP contribution in [-0.4, -0.2) is 31.3 Å². The first-order chi connectivity index (χ1) is 17.8. The van der Waals surface area contributed by atoms with Crippen LogP contribution in [0.3, 0.4) is 0 Å². The lowest BCUT2D eigenvalue weighted by Gasteiger charge is -2.21. The van der Waals surface area contributed by atoms with Gasteiger partial charge in [-0.2, -0.15) is 4.72 Å². The molecule has 0 radical (unpaired) electrons. The first kappa shape index (κ1) is 24.6. The van der Waals surface area contributed by atoms with Crippen LogP contribution in [0.1, 0.15) is 23.2 Å². The minimum atomic E-state index is -4.05. The van der Waals surface area contributed by atoms with Crippen LogP contribution in [0.5, 0.6) is 0 Å². The van der Waals surface area contributed by atoms with Gasteiger partial charge < -0.3 is 10.6 Å². The van der Waals surface area contributed by atoms with Gasteiger partial charge in [-0.25, -0.2) is 8.42 Å². The van der Waals surface area contributed by atoms with Crippen LogP contribution in [-0.2, 0) is 32.5 Å². The molecular weight excluding hydrogens is 488 g/mol. The van der Waals surface area contributed by atoms with Crippen LogP contribution < -0.4 is 15.4 Å². The van der Waals surface area contributed by atoms with Crippen LogP contribution in [0.2, 0.25) is 0 Å². The van der Waals surface area contributed by atoms with E-state index in [0.717, 1.165) is 27.7 Å². The van der Waals surface area contributed by atoms with E-state index in [9.17, 15) is 18.0 Å². The monoisotopic (exact) mass is 514 g/mol. The highest BCUT2D eigenvalue weighted by atomic mass is 32.2. The van der Waals surface area contributed by atoms with Gasteiger partial charge in [-0.15, -0.1) is 0 Å². The molecule has 3 N–H and O–H groups in total. The van der Waals surface area contributed by atoms with Crippen molar-refractivity contribution in [3.8, 4) is 0 Å². The summed E-state index contributed by atoms with van der Waals surface area (Å²) in [5.74, 6) is -0.576. The second-order valence-corrected chi connectivity index (χ2v) is 10.8. The molecule has 0 fully saturated rings. The third-order valence-electron chi connectivity index (χ3n) is 6.28. The van der Waals surface area contributed by atoms with Crippen LogP contribution in [0.25, 0.3) is 10.9 Å². The number of hydrogen-bond acceptors (Lipinski definition) is 5. The van der Waals surface area contributed by atoms with Crippen LogP contribution in [0, 0.1) is 6.92 Å². The van der Waals surface area contributed by atoms with E-state index in [4.69, 9.17) is 0 Å². The van der Waals surface area contributed by atoms with Gasteiger partial charge in [-0.1, -0.05) is 48.5 Å². The van der Waals surface area contributed by atoms with Crippen molar-refractivity contribution in [1.82, 2.24) is 9.71 Å². The predicted molar refractivity (Wildman–Crippen MR) is 143 cm³/mol. The Bertz CT molecular complexity index is 1600. The summed E-state index contributed by atoms with van der Waals surface area (Å²) in [4.78, 5) is 29.8. The molecule has 0 saturated carbocycles. The molecule has 0 spiro atoms. The number of hydrogen-bond donors (Lipinski definition) is 3. The summed E-state index contributed by atoms with van der Waals surface area (Å²) in [5, 5.41) is 6.44. The minimum Gasteiger partial charge on any atom is -0.326 e. The number of benzene rings is 3. The van der Waals surface area contributed by atoms with Gasteiger partial charge in [0.1, 0.15) is 6.04 Å². The second-order valence-electron chi connectivity index (χ2n) is 9.05. The van der Waals surface area contributed by atoms with Crippen molar-refractivity contribution in [3.05, 3.63) is 95.7 Å². The average molecular weight is 515 g/mol. The Labute approximate surface area is 215 Å². The molecule has 0 aliphatic carbocycles. The van der Waals surface area contributed by atoms with E-state index >= 15 is 0 Å². The Balaban J connectivity index is 1.45. The SMILES string of the molecule is Cc1cc(NC(=O)[C@@H](Cc2ccccc2)NS(=O)(=O)c2ccc3c(c2)CCC(=O)N3)c2ccccc2n1. The van der Waals surface area contributed by atoms with E-state index < -0.39 is 22.0 Å². The van der Waals surface area contributed by atoms with Gasteiger partial charge in [0, 0.05) is 23.2 Å². The Kier molecular flexibility index (Phi) is 6.73. The fourth-order valence-corrected chi connectivity index (χ4v) is 5.70. The summed E-state index contributed by atoms with van der Waals surface area (Å²) in [6.45, 7) is 1.84. The number of aryl methyl sites for hydroxylation is 2. The largest absolute Gasteiger partial charge is 0.326 e. The molecule has 1 atom stereocenters. The Morgan fingerprint density at radius 1 is 1.00 bits per heavy atom. The number of carbonyl (C=O) groups excluding carboxylic acids is 2. The number of aromatic nitrogens is 1. The van der Waals surface area contributed by atoms with Crippen molar-refractivity contribution < 1.29 is 18.0 Å². The molecule has 0 saturated heterocycles. The smallest absolute Gasteiger partial charge is 0.242 e. The second kappa shape index (κ2) is 10.1. The molecule has 4 aromatic rings. The zero-order valence-electron chi connectivity index (χ0n) is 20.2. The number of nitrogens with one attached hydrogen (secondary N) is 3. The summed E-state index contributed by atoms with van der Waals surface area (Å²) < 4.78 is 29.4. The fourth-order valence-electron chi connectivity index (χ4n) is 4.45. The maximum absolute atomic E-state index is 13.5. The van der Waals surface area contributed by atoms with E-state index in [1.165, 1.54) is 6.07 Å². The Morgan fingerprint density at radius 2 is 1.76 bits per heavy atom. The van der Waals surface area contributed by atoms with Crippen molar-refractivity contribution in [2.75, 3.05) is 10.6 Å². The number of rotatable bonds is 7. The van der Waals surface area contributed by atoms with Gasteiger partial charge in [0.2, 0.25) is 21.8 Å². The highest BCUT2D eigenvalue weighted by molar-refractivity contribution is 7.89. The Morgan fingerprint density at radius 3 is 2.57 bits per heavy atom. The van der Waals surface area contributed by atoms with Gasteiger partial charge in [0.05, 0.1) is 16.1 Å². The number of amides is 2. The summed E-state index contributed by atoms with van der Waals surface area (Å²) in [7, 11) is -4.05. The fraction of sp³-hybridized carbons (Fsp3) is 0.179. The van der Waals surface area contributed by atoms with Crippen LogP contribution >= 0.6 is 0 Å². The number of sulfonamides is 1. The van der Waals surface area contributed by atoms with Gasteiger partial charge in [-0.3, -0.25) is 14.6 Å². The highest BCUT2D eigenvalue weighted by Gasteiger charge is 2.28. The molecular formula is C28H26N4O4S. The molecule has 1 aliphatic rings. The zero-order chi connectivity index (χ0) is 26.0.